The summed E-state index contributed by atoms with van der Waals surface area (Å²) in [6.07, 6.45) is 3.78. The van der Waals surface area contributed by atoms with Gasteiger partial charge in [-0.1, -0.05) is 24.3 Å². The Bertz CT molecular complexity index is 631. The number of ether oxygens (including phenoxy) is 1. The lowest BCUT2D eigenvalue weighted by Crippen LogP contribution is -2.04. The summed E-state index contributed by atoms with van der Waals surface area (Å²) >= 11 is 0. The van der Waals surface area contributed by atoms with Crippen LogP contribution in [0.15, 0.2) is 36.7 Å². The van der Waals surface area contributed by atoms with Gasteiger partial charge in [0.1, 0.15) is 0 Å². The van der Waals surface area contributed by atoms with Crippen LogP contribution in [0.2, 0.25) is 0 Å². The highest BCUT2D eigenvalue weighted by Gasteiger charge is 2.06. The van der Waals surface area contributed by atoms with E-state index in [-0.39, 0.29) is 18.8 Å². The number of aliphatic carboxylic acids is 1. The van der Waals surface area contributed by atoms with Crippen LogP contribution in [0.5, 0.6) is 0 Å². The first-order valence-corrected chi connectivity index (χ1v) is 6.49. The molecular formula is C15H16N2O4. The van der Waals surface area contributed by atoms with Crippen LogP contribution in [0.1, 0.15) is 12.0 Å². The first-order valence-electron chi connectivity index (χ1n) is 6.49. The van der Waals surface area contributed by atoms with Crippen LogP contribution in [-0.4, -0.2) is 33.9 Å². The third-order valence-electron chi connectivity index (χ3n) is 3.05. The van der Waals surface area contributed by atoms with Crippen LogP contribution < -0.4 is 0 Å². The number of hydrogen-bond acceptors (Lipinski definition) is 4. The zero-order chi connectivity index (χ0) is 15.2. The monoisotopic (exact) mass is 288 g/mol. The Morgan fingerprint density at radius 1 is 1.24 bits per heavy atom. The van der Waals surface area contributed by atoms with Crippen molar-refractivity contribution in [2.75, 3.05) is 7.11 Å². The van der Waals surface area contributed by atoms with E-state index in [2.05, 4.69) is 9.84 Å². The van der Waals surface area contributed by atoms with E-state index < -0.39 is 5.97 Å². The number of methoxy groups -OCH3 is 1. The number of rotatable bonds is 6. The molecule has 0 fully saturated rings. The van der Waals surface area contributed by atoms with E-state index in [9.17, 15) is 9.59 Å². The van der Waals surface area contributed by atoms with E-state index >= 15 is 0 Å². The van der Waals surface area contributed by atoms with Gasteiger partial charge in [0, 0.05) is 11.8 Å². The molecule has 1 N–H and O–H groups in total. The molecule has 110 valence electrons. The highest BCUT2D eigenvalue weighted by molar-refractivity contribution is 5.73. The molecule has 0 atom stereocenters. The summed E-state index contributed by atoms with van der Waals surface area (Å²) in [5, 5.41) is 12.8. The molecule has 2 aromatic rings. The molecule has 0 radical (unpaired) electrons. The Kier molecular flexibility index (Phi) is 4.71. The molecule has 0 aliphatic rings. The van der Waals surface area contributed by atoms with Crippen LogP contribution in [-0.2, 0) is 27.3 Å². The fourth-order valence-electron chi connectivity index (χ4n) is 1.90. The van der Waals surface area contributed by atoms with Gasteiger partial charge in [0.05, 0.1) is 32.7 Å². The fraction of sp³-hybridized carbons (Fsp3) is 0.267. The van der Waals surface area contributed by atoms with Crippen molar-refractivity contribution in [1.29, 1.82) is 0 Å². The lowest BCUT2D eigenvalue weighted by Gasteiger charge is -2.02. The van der Waals surface area contributed by atoms with E-state index in [0.29, 0.717) is 6.54 Å². The summed E-state index contributed by atoms with van der Waals surface area (Å²) in [4.78, 5) is 21.7. The number of hydrogen-bond donors (Lipinski definition) is 1. The summed E-state index contributed by atoms with van der Waals surface area (Å²) in [5.41, 5.74) is 2.75. The number of aromatic nitrogens is 2. The highest BCUT2D eigenvalue weighted by Crippen LogP contribution is 2.19. The van der Waals surface area contributed by atoms with Gasteiger partial charge in [0.2, 0.25) is 0 Å². The third kappa shape index (κ3) is 4.17. The molecule has 0 spiro atoms. The Morgan fingerprint density at radius 3 is 2.57 bits per heavy atom. The van der Waals surface area contributed by atoms with Crippen molar-refractivity contribution in [3.05, 3.63) is 42.2 Å². The van der Waals surface area contributed by atoms with Gasteiger partial charge in [-0.2, -0.15) is 5.10 Å². The normalized spacial score (nSPS) is 10.3. The second-order valence-electron chi connectivity index (χ2n) is 4.59. The summed E-state index contributed by atoms with van der Waals surface area (Å²) < 4.78 is 6.22. The van der Waals surface area contributed by atoms with Crippen molar-refractivity contribution in [3.8, 4) is 11.1 Å². The average molecular weight is 288 g/mol. The summed E-state index contributed by atoms with van der Waals surface area (Å²) in [6, 6.07) is 7.52. The predicted molar refractivity (Wildman–Crippen MR) is 75.6 cm³/mol. The lowest BCUT2D eigenvalue weighted by atomic mass is 10.1. The zero-order valence-corrected chi connectivity index (χ0v) is 11.7. The first-order chi connectivity index (χ1) is 10.1. The first kappa shape index (κ1) is 14.8. The SMILES string of the molecule is COC(=O)Cc1ccc(-c2cnn(CCC(=O)O)c2)cc1. The molecule has 1 aromatic heterocycles. The van der Waals surface area contributed by atoms with E-state index in [4.69, 9.17) is 5.11 Å². The minimum absolute atomic E-state index is 0.0409. The van der Waals surface area contributed by atoms with E-state index in [1.165, 1.54) is 7.11 Å². The molecule has 0 amide bonds. The van der Waals surface area contributed by atoms with Crippen molar-refractivity contribution in [2.24, 2.45) is 0 Å². The Hall–Kier alpha value is -2.63. The number of aryl methyl sites for hydroxylation is 1. The van der Waals surface area contributed by atoms with Crippen molar-refractivity contribution < 1.29 is 19.4 Å². The van der Waals surface area contributed by atoms with Gasteiger partial charge in [0.25, 0.3) is 0 Å². The van der Waals surface area contributed by atoms with Crippen LogP contribution in [0.4, 0.5) is 0 Å². The Labute approximate surface area is 122 Å². The average Bonchev–Trinajstić information content (AvgIpc) is 2.94. The largest absolute Gasteiger partial charge is 0.481 e. The standard InChI is InChI=1S/C15H16N2O4/c1-21-15(20)8-11-2-4-12(5-3-11)13-9-16-17(10-13)7-6-14(18)19/h2-5,9-10H,6-8H2,1H3,(H,18,19). The van der Waals surface area contributed by atoms with Crippen molar-refractivity contribution in [3.63, 3.8) is 0 Å². The highest BCUT2D eigenvalue weighted by atomic mass is 16.5. The maximum absolute atomic E-state index is 11.2. The van der Waals surface area contributed by atoms with E-state index in [1.54, 1.807) is 17.1 Å². The summed E-state index contributed by atoms with van der Waals surface area (Å²) in [5.74, 6) is -1.12. The lowest BCUT2D eigenvalue weighted by molar-refractivity contribution is -0.140. The molecule has 0 aliphatic carbocycles. The molecule has 0 saturated heterocycles. The summed E-state index contributed by atoms with van der Waals surface area (Å²) in [7, 11) is 1.36. The van der Waals surface area contributed by atoms with Crippen LogP contribution >= 0.6 is 0 Å². The quantitative estimate of drug-likeness (QED) is 0.819. The molecule has 1 heterocycles. The van der Waals surface area contributed by atoms with Crippen LogP contribution in [0, 0.1) is 0 Å². The minimum atomic E-state index is -0.848. The number of carbonyl (C=O) groups is 2. The van der Waals surface area contributed by atoms with Gasteiger partial charge in [0.15, 0.2) is 0 Å². The molecule has 6 nitrogen and oxygen atoms in total. The van der Waals surface area contributed by atoms with Gasteiger partial charge in [-0.25, -0.2) is 0 Å². The Balaban J connectivity index is 2.05. The Morgan fingerprint density at radius 2 is 1.95 bits per heavy atom. The zero-order valence-electron chi connectivity index (χ0n) is 11.7. The number of carboxylic acids is 1. The van der Waals surface area contributed by atoms with Crippen LogP contribution in [0.25, 0.3) is 11.1 Å². The molecular weight excluding hydrogens is 272 g/mol. The maximum atomic E-state index is 11.2. The van der Waals surface area contributed by atoms with Gasteiger partial charge in [-0.15, -0.1) is 0 Å². The van der Waals surface area contributed by atoms with Crippen molar-refractivity contribution in [1.82, 2.24) is 9.78 Å². The topological polar surface area (TPSA) is 81.4 Å². The number of esters is 1. The number of nitrogens with zero attached hydrogens (tertiary/aromatic N) is 2. The predicted octanol–water partition coefficient (Wildman–Crippen LogP) is 1.74. The molecule has 0 unspecified atom stereocenters. The number of benzene rings is 1. The molecule has 6 heteroatoms. The van der Waals surface area contributed by atoms with Crippen molar-refractivity contribution in [2.45, 2.75) is 19.4 Å². The van der Waals surface area contributed by atoms with Gasteiger partial charge >= 0.3 is 11.9 Å². The molecule has 0 aliphatic heterocycles. The second kappa shape index (κ2) is 6.69. The second-order valence-corrected chi connectivity index (χ2v) is 4.59. The number of carboxylic acid groups (broad SMARTS) is 1. The van der Waals surface area contributed by atoms with Crippen molar-refractivity contribution >= 4 is 11.9 Å². The van der Waals surface area contributed by atoms with Gasteiger partial charge in [-0.3, -0.25) is 14.3 Å². The smallest absolute Gasteiger partial charge is 0.309 e. The molecule has 2 rings (SSSR count). The van der Waals surface area contributed by atoms with Crippen LogP contribution in [0.3, 0.4) is 0 Å². The van der Waals surface area contributed by atoms with Gasteiger partial charge < -0.3 is 9.84 Å². The van der Waals surface area contributed by atoms with E-state index in [0.717, 1.165) is 16.7 Å². The molecule has 0 bridgehead atoms. The molecule has 1 aromatic carbocycles. The minimum Gasteiger partial charge on any atom is -0.481 e. The molecule has 21 heavy (non-hydrogen) atoms. The van der Waals surface area contributed by atoms with E-state index in [1.807, 2.05) is 24.3 Å². The third-order valence-corrected chi connectivity index (χ3v) is 3.05. The summed E-state index contributed by atoms with van der Waals surface area (Å²) in [6.45, 7) is 0.343. The maximum Gasteiger partial charge on any atom is 0.309 e. The number of carbonyl (C=O) groups excluding carboxylic acids is 1. The molecule has 0 saturated carbocycles. The fourth-order valence-corrected chi connectivity index (χ4v) is 1.90. The van der Waals surface area contributed by atoms with Gasteiger partial charge in [-0.05, 0) is 11.1 Å².